The van der Waals surface area contributed by atoms with Crippen molar-refractivity contribution < 1.29 is 50.4 Å². The smallest absolute Gasteiger partial charge is 1.00 e. The molecule has 3 rings (SSSR count). The molecule has 0 fully saturated rings. The van der Waals surface area contributed by atoms with Gasteiger partial charge in [0.25, 0.3) is 0 Å². The SMILES string of the molecule is COc1c(O)cc(O)c2c(=O)cc(-c3ccccc3)oc12.[H-].[Na+]. The second-order valence-electron chi connectivity index (χ2n) is 4.49. The maximum absolute atomic E-state index is 12.2. The van der Waals surface area contributed by atoms with E-state index in [1.165, 1.54) is 13.2 Å². The molecule has 0 unspecified atom stereocenters. The van der Waals surface area contributed by atoms with Gasteiger partial charge in [-0.25, -0.2) is 0 Å². The summed E-state index contributed by atoms with van der Waals surface area (Å²) < 4.78 is 10.7. The zero-order chi connectivity index (χ0) is 15.0. The van der Waals surface area contributed by atoms with Crippen LogP contribution in [0.4, 0.5) is 0 Å². The van der Waals surface area contributed by atoms with E-state index >= 15 is 0 Å². The molecule has 22 heavy (non-hydrogen) atoms. The average molecular weight is 308 g/mol. The second-order valence-corrected chi connectivity index (χ2v) is 4.49. The number of fused-ring (bicyclic) bond motifs is 1. The Labute approximate surface area is 149 Å². The van der Waals surface area contributed by atoms with Crippen LogP contribution in [0.25, 0.3) is 22.3 Å². The third-order valence-electron chi connectivity index (χ3n) is 3.18. The van der Waals surface area contributed by atoms with E-state index in [1.54, 1.807) is 12.1 Å². The number of phenols is 2. The predicted molar refractivity (Wildman–Crippen MR) is 78.9 cm³/mol. The normalized spacial score (nSPS) is 10.2. The van der Waals surface area contributed by atoms with E-state index in [-0.39, 0.29) is 59.2 Å². The minimum Gasteiger partial charge on any atom is -1.00 e. The van der Waals surface area contributed by atoms with Crippen molar-refractivity contribution in [3.05, 3.63) is 52.7 Å². The number of hydrogen-bond acceptors (Lipinski definition) is 5. The predicted octanol–water partition coefficient (Wildman–Crippen LogP) is -0.00370. The molecule has 0 amide bonds. The Morgan fingerprint density at radius 3 is 2.41 bits per heavy atom. The quantitative estimate of drug-likeness (QED) is 0.651. The first-order valence-corrected chi connectivity index (χ1v) is 6.24. The van der Waals surface area contributed by atoms with Crippen LogP contribution in [-0.4, -0.2) is 17.3 Å². The number of ether oxygens (including phenoxy) is 1. The van der Waals surface area contributed by atoms with Crippen LogP contribution in [0.5, 0.6) is 17.2 Å². The Hall–Kier alpha value is -1.95. The molecular formula is C16H13NaO5. The molecule has 0 radical (unpaired) electrons. The Bertz CT molecular complexity index is 877. The number of rotatable bonds is 2. The van der Waals surface area contributed by atoms with Gasteiger partial charge in [-0.05, 0) is 0 Å². The van der Waals surface area contributed by atoms with Crippen molar-refractivity contribution in [3.8, 4) is 28.6 Å². The van der Waals surface area contributed by atoms with Crippen LogP contribution in [0.3, 0.4) is 0 Å². The Kier molecular flexibility index (Phi) is 4.81. The molecule has 0 spiro atoms. The van der Waals surface area contributed by atoms with E-state index in [0.29, 0.717) is 11.3 Å². The van der Waals surface area contributed by atoms with Crippen LogP contribution in [0, 0.1) is 0 Å². The molecule has 1 heterocycles. The largest absolute Gasteiger partial charge is 1.00 e. The van der Waals surface area contributed by atoms with Gasteiger partial charge in [0.05, 0.1) is 7.11 Å². The minimum absolute atomic E-state index is 0. The van der Waals surface area contributed by atoms with E-state index in [1.807, 2.05) is 18.2 Å². The van der Waals surface area contributed by atoms with Crippen LogP contribution in [-0.2, 0) is 0 Å². The van der Waals surface area contributed by atoms with E-state index in [4.69, 9.17) is 9.15 Å². The zero-order valence-electron chi connectivity index (χ0n) is 13.2. The van der Waals surface area contributed by atoms with Gasteiger partial charge < -0.3 is 20.8 Å². The monoisotopic (exact) mass is 308 g/mol. The van der Waals surface area contributed by atoms with Gasteiger partial charge in [-0.2, -0.15) is 0 Å². The van der Waals surface area contributed by atoms with Gasteiger partial charge in [0.2, 0.25) is 5.75 Å². The fourth-order valence-electron chi connectivity index (χ4n) is 2.22. The molecule has 0 aliphatic rings. The molecule has 0 saturated heterocycles. The molecule has 5 nitrogen and oxygen atoms in total. The number of hydrogen-bond donors (Lipinski definition) is 2. The molecule has 0 aliphatic heterocycles. The van der Waals surface area contributed by atoms with Gasteiger partial charge >= 0.3 is 29.6 Å². The number of benzene rings is 2. The zero-order valence-corrected chi connectivity index (χ0v) is 14.2. The summed E-state index contributed by atoms with van der Waals surface area (Å²) in [5.74, 6) is -0.304. The molecule has 6 heteroatoms. The van der Waals surface area contributed by atoms with E-state index in [2.05, 4.69) is 0 Å². The molecule has 2 aromatic carbocycles. The molecule has 1 aromatic heterocycles. The molecule has 2 N–H and O–H groups in total. The minimum atomic E-state index is -0.411. The van der Waals surface area contributed by atoms with Crippen LogP contribution in [0.15, 0.2) is 51.7 Å². The maximum atomic E-state index is 12.2. The number of methoxy groups -OCH3 is 1. The number of phenolic OH excluding ortho intramolecular Hbond substituents is 2. The summed E-state index contributed by atoms with van der Waals surface area (Å²) in [6, 6.07) is 11.4. The first-order valence-electron chi connectivity index (χ1n) is 6.24. The van der Waals surface area contributed by atoms with Crippen LogP contribution in [0.2, 0.25) is 0 Å². The molecule has 0 aliphatic carbocycles. The molecular weight excluding hydrogens is 295 g/mol. The third kappa shape index (κ3) is 2.70. The molecule has 108 valence electrons. The van der Waals surface area contributed by atoms with Gasteiger partial charge in [-0.3, -0.25) is 4.79 Å². The van der Waals surface area contributed by atoms with Gasteiger partial charge in [0.15, 0.2) is 16.8 Å². The summed E-state index contributed by atoms with van der Waals surface area (Å²) in [5.41, 5.74) is 0.314. The van der Waals surface area contributed by atoms with Gasteiger partial charge in [-0.1, -0.05) is 30.3 Å². The van der Waals surface area contributed by atoms with Crippen molar-refractivity contribution in [2.24, 2.45) is 0 Å². The maximum Gasteiger partial charge on any atom is 1.00 e. The first kappa shape index (κ1) is 16.4. The summed E-state index contributed by atoms with van der Waals surface area (Å²) in [5, 5.41) is 19.6. The van der Waals surface area contributed by atoms with Gasteiger partial charge in [0, 0.05) is 17.7 Å². The van der Waals surface area contributed by atoms with Gasteiger partial charge in [-0.15, -0.1) is 0 Å². The third-order valence-corrected chi connectivity index (χ3v) is 3.18. The van der Waals surface area contributed by atoms with E-state index in [9.17, 15) is 15.0 Å². The van der Waals surface area contributed by atoms with Crippen molar-refractivity contribution >= 4 is 11.0 Å². The van der Waals surface area contributed by atoms with Crippen molar-refractivity contribution in [2.75, 3.05) is 7.11 Å². The summed E-state index contributed by atoms with van der Waals surface area (Å²) in [6.45, 7) is 0. The molecule has 3 aromatic rings. The Morgan fingerprint density at radius 1 is 1.09 bits per heavy atom. The Morgan fingerprint density at radius 2 is 1.77 bits per heavy atom. The fourth-order valence-corrected chi connectivity index (χ4v) is 2.22. The van der Waals surface area contributed by atoms with Crippen molar-refractivity contribution in [1.82, 2.24) is 0 Å². The number of aromatic hydroxyl groups is 2. The molecule has 0 saturated carbocycles. The van der Waals surface area contributed by atoms with Crippen molar-refractivity contribution in [1.29, 1.82) is 0 Å². The second kappa shape index (κ2) is 6.44. The fraction of sp³-hybridized carbons (Fsp3) is 0.0625. The van der Waals surface area contributed by atoms with Crippen LogP contribution >= 0.6 is 0 Å². The molecule has 0 atom stereocenters. The Balaban J connectivity index is 0.00000132. The van der Waals surface area contributed by atoms with Crippen molar-refractivity contribution in [2.45, 2.75) is 0 Å². The summed E-state index contributed by atoms with van der Waals surface area (Å²) in [4.78, 5) is 12.2. The van der Waals surface area contributed by atoms with E-state index < -0.39 is 5.43 Å². The summed E-state index contributed by atoms with van der Waals surface area (Å²) in [7, 11) is 1.35. The topological polar surface area (TPSA) is 79.9 Å². The van der Waals surface area contributed by atoms with Crippen LogP contribution < -0.4 is 39.7 Å². The standard InChI is InChI=1S/C16H12O5.Na.H/c1-20-15-12(19)7-10(17)14-11(18)8-13(21-16(14)15)9-5-3-2-4-6-9;;/h2-8,17,19H,1H3;;/q;+1;-1. The average Bonchev–Trinajstić information content (AvgIpc) is 2.47. The van der Waals surface area contributed by atoms with E-state index in [0.717, 1.165) is 6.07 Å². The summed E-state index contributed by atoms with van der Waals surface area (Å²) in [6.07, 6.45) is 0. The van der Waals surface area contributed by atoms with Gasteiger partial charge in [0.1, 0.15) is 16.9 Å². The van der Waals surface area contributed by atoms with Crippen molar-refractivity contribution in [3.63, 3.8) is 0 Å². The van der Waals surface area contributed by atoms with Crippen LogP contribution in [0.1, 0.15) is 1.43 Å². The summed E-state index contributed by atoms with van der Waals surface area (Å²) >= 11 is 0. The first-order chi connectivity index (χ1) is 10.1. The molecule has 0 bridgehead atoms.